The first kappa shape index (κ1) is 10.6. The van der Waals surface area contributed by atoms with Gasteiger partial charge in [0.25, 0.3) is 0 Å². The molecule has 0 radical (unpaired) electrons. The quantitative estimate of drug-likeness (QED) is 0.702. The Kier molecular flexibility index (Phi) is 2.76. The van der Waals surface area contributed by atoms with E-state index in [9.17, 15) is 0 Å². The average molecular weight is 206 g/mol. The smallest absolute Gasteiger partial charge is 0.0994 e. The van der Waals surface area contributed by atoms with Crippen LogP contribution in [0.3, 0.4) is 0 Å². The Morgan fingerprint density at radius 2 is 2.27 bits per heavy atom. The van der Waals surface area contributed by atoms with Crippen LogP contribution in [-0.4, -0.2) is 35.2 Å². The summed E-state index contributed by atoms with van der Waals surface area (Å²) in [7, 11) is 2.12. The Morgan fingerprint density at radius 1 is 1.53 bits per heavy atom. The maximum atomic E-state index is 5.56. The minimum Gasteiger partial charge on any atom is -0.365 e. The second-order valence-corrected chi connectivity index (χ2v) is 4.77. The van der Waals surface area contributed by atoms with Gasteiger partial charge < -0.3 is 4.74 Å². The van der Waals surface area contributed by atoms with Gasteiger partial charge in [-0.1, -0.05) is 6.07 Å². The van der Waals surface area contributed by atoms with Crippen molar-refractivity contribution >= 4 is 0 Å². The summed E-state index contributed by atoms with van der Waals surface area (Å²) in [6.45, 7) is 6.19. The van der Waals surface area contributed by atoms with Crippen LogP contribution in [-0.2, 0) is 11.3 Å². The van der Waals surface area contributed by atoms with E-state index in [1.807, 2.05) is 12.3 Å². The van der Waals surface area contributed by atoms with Crippen molar-refractivity contribution < 1.29 is 4.74 Å². The van der Waals surface area contributed by atoms with E-state index in [4.69, 9.17) is 4.74 Å². The van der Waals surface area contributed by atoms with Crippen LogP contribution >= 0.6 is 0 Å². The summed E-state index contributed by atoms with van der Waals surface area (Å²) >= 11 is 0. The van der Waals surface area contributed by atoms with Crippen molar-refractivity contribution in [3.63, 3.8) is 0 Å². The van der Waals surface area contributed by atoms with E-state index in [1.165, 1.54) is 5.56 Å². The Bertz CT molecular complexity index is 324. The molecule has 0 aromatic carbocycles. The molecule has 1 atom stereocenters. The standard InChI is InChI=1S/C12H18N2O/c1-12(2)11(15-12)9-14(3)8-10-5-4-6-13-7-10/h4-7,11H,8-9H2,1-3H3. The van der Waals surface area contributed by atoms with Gasteiger partial charge in [0.2, 0.25) is 0 Å². The number of aromatic nitrogens is 1. The van der Waals surface area contributed by atoms with Crippen molar-refractivity contribution in [1.29, 1.82) is 0 Å². The van der Waals surface area contributed by atoms with Gasteiger partial charge in [0.1, 0.15) is 0 Å². The molecule has 0 amide bonds. The monoisotopic (exact) mass is 206 g/mol. The molecule has 1 saturated heterocycles. The number of rotatable bonds is 4. The molecule has 1 aromatic rings. The van der Waals surface area contributed by atoms with E-state index in [1.54, 1.807) is 6.20 Å². The highest BCUT2D eigenvalue weighted by Gasteiger charge is 2.47. The maximum Gasteiger partial charge on any atom is 0.0994 e. The van der Waals surface area contributed by atoms with Gasteiger partial charge in [-0.25, -0.2) is 0 Å². The van der Waals surface area contributed by atoms with Crippen LogP contribution in [0.2, 0.25) is 0 Å². The molecule has 0 N–H and O–H groups in total. The van der Waals surface area contributed by atoms with Crippen molar-refractivity contribution in [2.75, 3.05) is 13.6 Å². The second-order valence-electron chi connectivity index (χ2n) is 4.77. The van der Waals surface area contributed by atoms with Gasteiger partial charge in [0.15, 0.2) is 0 Å². The largest absolute Gasteiger partial charge is 0.365 e. The molecule has 3 heteroatoms. The molecule has 82 valence electrons. The fourth-order valence-corrected chi connectivity index (χ4v) is 1.74. The second kappa shape index (κ2) is 3.91. The summed E-state index contributed by atoms with van der Waals surface area (Å²) in [6, 6.07) is 4.07. The molecule has 15 heavy (non-hydrogen) atoms. The van der Waals surface area contributed by atoms with Crippen LogP contribution in [0.1, 0.15) is 19.4 Å². The highest BCUT2D eigenvalue weighted by molar-refractivity contribution is 5.08. The van der Waals surface area contributed by atoms with Gasteiger partial charge in [0, 0.05) is 25.5 Å². The molecule has 1 fully saturated rings. The van der Waals surface area contributed by atoms with Gasteiger partial charge in [-0.3, -0.25) is 9.88 Å². The summed E-state index contributed by atoms with van der Waals surface area (Å²) in [6.07, 6.45) is 4.10. The minimum absolute atomic E-state index is 0.0865. The molecule has 2 rings (SSSR count). The van der Waals surface area contributed by atoms with Crippen LogP contribution in [0.15, 0.2) is 24.5 Å². The number of nitrogens with zero attached hydrogens (tertiary/aromatic N) is 2. The zero-order chi connectivity index (χ0) is 10.9. The zero-order valence-electron chi connectivity index (χ0n) is 9.60. The molecular formula is C12H18N2O. The normalized spacial score (nSPS) is 23.1. The maximum absolute atomic E-state index is 5.56. The molecule has 2 heterocycles. The van der Waals surface area contributed by atoms with Gasteiger partial charge >= 0.3 is 0 Å². The Labute approximate surface area is 91.1 Å². The average Bonchev–Trinajstić information content (AvgIpc) is 2.74. The first-order valence-corrected chi connectivity index (χ1v) is 5.33. The van der Waals surface area contributed by atoms with Crippen LogP contribution in [0.5, 0.6) is 0 Å². The molecular weight excluding hydrogens is 188 g/mol. The van der Waals surface area contributed by atoms with Gasteiger partial charge in [-0.2, -0.15) is 0 Å². The number of epoxide rings is 1. The van der Waals surface area contributed by atoms with Gasteiger partial charge in [-0.05, 0) is 32.5 Å². The molecule has 1 aromatic heterocycles. The van der Waals surface area contributed by atoms with Crippen LogP contribution < -0.4 is 0 Å². The molecule has 1 aliphatic rings. The number of ether oxygens (including phenoxy) is 1. The van der Waals surface area contributed by atoms with E-state index < -0.39 is 0 Å². The summed E-state index contributed by atoms with van der Waals surface area (Å²) < 4.78 is 5.56. The summed E-state index contributed by atoms with van der Waals surface area (Å²) in [5, 5.41) is 0. The van der Waals surface area contributed by atoms with Crippen LogP contribution in [0.4, 0.5) is 0 Å². The van der Waals surface area contributed by atoms with E-state index in [0.29, 0.717) is 6.10 Å². The van der Waals surface area contributed by atoms with Crippen molar-refractivity contribution in [2.24, 2.45) is 0 Å². The van der Waals surface area contributed by atoms with E-state index >= 15 is 0 Å². The third kappa shape index (κ3) is 2.76. The predicted molar refractivity (Wildman–Crippen MR) is 59.5 cm³/mol. The van der Waals surface area contributed by atoms with Crippen molar-refractivity contribution in [1.82, 2.24) is 9.88 Å². The summed E-state index contributed by atoms with van der Waals surface area (Å²) in [5.41, 5.74) is 1.34. The number of hydrogen-bond donors (Lipinski definition) is 0. The van der Waals surface area contributed by atoms with E-state index in [2.05, 4.69) is 36.8 Å². The Morgan fingerprint density at radius 3 is 2.80 bits per heavy atom. The Balaban J connectivity index is 1.81. The first-order valence-electron chi connectivity index (χ1n) is 5.33. The minimum atomic E-state index is 0.0865. The first-order chi connectivity index (χ1) is 7.08. The van der Waals surface area contributed by atoms with E-state index in [-0.39, 0.29) is 5.60 Å². The lowest BCUT2D eigenvalue weighted by Gasteiger charge is -2.15. The van der Waals surface area contributed by atoms with Crippen molar-refractivity contribution in [3.8, 4) is 0 Å². The number of hydrogen-bond acceptors (Lipinski definition) is 3. The lowest BCUT2D eigenvalue weighted by atomic mass is 10.1. The Hall–Kier alpha value is -0.930. The fourth-order valence-electron chi connectivity index (χ4n) is 1.74. The fraction of sp³-hybridized carbons (Fsp3) is 0.583. The van der Waals surface area contributed by atoms with Gasteiger partial charge in [0.05, 0.1) is 11.7 Å². The summed E-state index contributed by atoms with van der Waals surface area (Å²) in [4.78, 5) is 6.38. The molecule has 0 saturated carbocycles. The van der Waals surface area contributed by atoms with Gasteiger partial charge in [-0.15, -0.1) is 0 Å². The van der Waals surface area contributed by atoms with Crippen LogP contribution in [0.25, 0.3) is 0 Å². The molecule has 3 nitrogen and oxygen atoms in total. The zero-order valence-corrected chi connectivity index (χ0v) is 9.60. The molecule has 1 aliphatic heterocycles. The number of pyridine rings is 1. The third-order valence-corrected chi connectivity index (χ3v) is 2.82. The lowest BCUT2D eigenvalue weighted by Crippen LogP contribution is -2.25. The lowest BCUT2D eigenvalue weighted by molar-refractivity contribution is 0.267. The SMILES string of the molecule is CN(Cc1cccnc1)CC1OC1(C)C. The molecule has 0 spiro atoms. The third-order valence-electron chi connectivity index (χ3n) is 2.82. The van der Waals surface area contributed by atoms with Crippen molar-refractivity contribution in [2.45, 2.75) is 32.1 Å². The highest BCUT2D eigenvalue weighted by atomic mass is 16.6. The molecule has 0 aliphatic carbocycles. The van der Waals surface area contributed by atoms with Crippen LogP contribution in [0, 0.1) is 0 Å². The van der Waals surface area contributed by atoms with Crippen molar-refractivity contribution in [3.05, 3.63) is 30.1 Å². The summed E-state index contributed by atoms with van der Waals surface area (Å²) in [5.74, 6) is 0. The topological polar surface area (TPSA) is 28.7 Å². The molecule has 0 bridgehead atoms. The van der Waals surface area contributed by atoms with E-state index in [0.717, 1.165) is 13.1 Å². The molecule has 1 unspecified atom stereocenters. The number of likely N-dealkylation sites (N-methyl/N-ethyl adjacent to an activating group) is 1. The predicted octanol–water partition coefficient (Wildman–Crippen LogP) is 1.69. The highest BCUT2D eigenvalue weighted by Crippen LogP contribution is 2.35.